The number of halogens is 1. The standard InChI is InChI=1S/C25H21FN2O2/c1-17-10-12-18(13-11-17)16-30-24-14-21(20-7-3-5-9-23(20)28-24)25(29)27-15-19-6-2-4-8-22(19)26/h2-14H,15-16H2,1H3,(H,27,29). The first-order valence-corrected chi connectivity index (χ1v) is 9.70. The zero-order valence-corrected chi connectivity index (χ0v) is 16.6. The molecule has 0 saturated heterocycles. The lowest BCUT2D eigenvalue weighted by Crippen LogP contribution is -2.23. The maximum Gasteiger partial charge on any atom is 0.252 e. The van der Waals surface area contributed by atoms with E-state index in [1.165, 1.54) is 11.6 Å². The zero-order valence-electron chi connectivity index (χ0n) is 16.6. The maximum absolute atomic E-state index is 13.9. The van der Waals surface area contributed by atoms with Gasteiger partial charge in [0.1, 0.15) is 12.4 Å². The van der Waals surface area contributed by atoms with Gasteiger partial charge in [0.15, 0.2) is 0 Å². The fraction of sp³-hybridized carbons (Fsp3) is 0.120. The van der Waals surface area contributed by atoms with Crippen molar-refractivity contribution in [2.24, 2.45) is 0 Å². The molecule has 0 fully saturated rings. The van der Waals surface area contributed by atoms with Crippen molar-refractivity contribution in [2.75, 3.05) is 0 Å². The number of hydrogen-bond donors (Lipinski definition) is 1. The Morgan fingerprint density at radius 1 is 1.00 bits per heavy atom. The van der Waals surface area contributed by atoms with E-state index in [4.69, 9.17) is 4.74 Å². The Bertz CT molecular complexity index is 1190. The highest BCUT2D eigenvalue weighted by atomic mass is 19.1. The number of fused-ring (bicyclic) bond motifs is 1. The van der Waals surface area contributed by atoms with Crippen LogP contribution in [0.25, 0.3) is 10.9 Å². The van der Waals surface area contributed by atoms with Crippen molar-refractivity contribution in [2.45, 2.75) is 20.1 Å². The quantitative estimate of drug-likeness (QED) is 0.485. The van der Waals surface area contributed by atoms with Crippen molar-refractivity contribution in [1.29, 1.82) is 0 Å². The van der Waals surface area contributed by atoms with E-state index in [-0.39, 0.29) is 18.3 Å². The first-order chi connectivity index (χ1) is 14.6. The molecule has 4 nitrogen and oxygen atoms in total. The molecule has 0 atom stereocenters. The molecule has 0 radical (unpaired) electrons. The molecule has 0 saturated carbocycles. The van der Waals surface area contributed by atoms with Crippen molar-refractivity contribution in [1.82, 2.24) is 10.3 Å². The van der Waals surface area contributed by atoms with E-state index in [0.29, 0.717) is 34.5 Å². The lowest BCUT2D eigenvalue weighted by molar-refractivity contribution is 0.0951. The number of pyridine rings is 1. The molecule has 1 aromatic heterocycles. The molecule has 4 aromatic rings. The number of nitrogens with zero attached hydrogens (tertiary/aromatic N) is 1. The van der Waals surface area contributed by atoms with Gasteiger partial charge in [-0.2, -0.15) is 0 Å². The molecular formula is C25H21FN2O2. The van der Waals surface area contributed by atoms with Crippen LogP contribution in [-0.4, -0.2) is 10.9 Å². The molecule has 4 rings (SSSR count). The van der Waals surface area contributed by atoms with E-state index in [2.05, 4.69) is 10.3 Å². The van der Waals surface area contributed by atoms with Crippen LogP contribution < -0.4 is 10.1 Å². The Hall–Kier alpha value is -3.73. The number of aryl methyl sites for hydroxylation is 1. The average molecular weight is 400 g/mol. The molecule has 5 heteroatoms. The van der Waals surface area contributed by atoms with Gasteiger partial charge in [-0.05, 0) is 24.6 Å². The van der Waals surface area contributed by atoms with Gasteiger partial charge < -0.3 is 10.1 Å². The van der Waals surface area contributed by atoms with Crippen LogP contribution in [0.5, 0.6) is 5.88 Å². The highest BCUT2D eigenvalue weighted by Gasteiger charge is 2.14. The van der Waals surface area contributed by atoms with Crippen LogP contribution in [-0.2, 0) is 13.2 Å². The van der Waals surface area contributed by atoms with E-state index in [9.17, 15) is 9.18 Å². The van der Waals surface area contributed by atoms with Crippen LogP contribution in [0.3, 0.4) is 0 Å². The minimum Gasteiger partial charge on any atom is -0.473 e. The second-order valence-corrected chi connectivity index (χ2v) is 7.07. The predicted octanol–water partition coefficient (Wildman–Crippen LogP) is 5.19. The molecule has 1 N–H and O–H groups in total. The van der Waals surface area contributed by atoms with Gasteiger partial charge in [-0.1, -0.05) is 66.2 Å². The summed E-state index contributed by atoms with van der Waals surface area (Å²) < 4.78 is 19.7. The maximum atomic E-state index is 13.9. The van der Waals surface area contributed by atoms with Crippen molar-refractivity contribution in [3.05, 3.63) is 107 Å². The third-order valence-corrected chi connectivity index (χ3v) is 4.84. The van der Waals surface area contributed by atoms with Gasteiger partial charge in [0.05, 0.1) is 11.1 Å². The number of nitrogens with one attached hydrogen (secondary N) is 1. The SMILES string of the molecule is Cc1ccc(COc2cc(C(=O)NCc3ccccc3F)c3ccccc3n2)cc1. The molecule has 150 valence electrons. The summed E-state index contributed by atoms with van der Waals surface area (Å²) in [5.74, 6) is -0.290. The Labute approximate surface area is 174 Å². The topological polar surface area (TPSA) is 51.2 Å². The number of carbonyl (C=O) groups is 1. The summed E-state index contributed by atoms with van der Waals surface area (Å²) >= 11 is 0. The summed E-state index contributed by atoms with van der Waals surface area (Å²) in [7, 11) is 0. The molecule has 3 aromatic carbocycles. The minimum atomic E-state index is -0.348. The van der Waals surface area contributed by atoms with Crippen molar-refractivity contribution < 1.29 is 13.9 Å². The smallest absolute Gasteiger partial charge is 0.252 e. The number of amides is 1. The third kappa shape index (κ3) is 4.46. The molecule has 1 heterocycles. The second kappa shape index (κ2) is 8.74. The second-order valence-electron chi connectivity index (χ2n) is 7.07. The molecule has 0 bridgehead atoms. The van der Waals surface area contributed by atoms with Crippen molar-refractivity contribution >= 4 is 16.8 Å². The number of rotatable bonds is 6. The largest absolute Gasteiger partial charge is 0.473 e. The lowest BCUT2D eigenvalue weighted by atomic mass is 10.1. The molecule has 0 aliphatic rings. The number of carbonyl (C=O) groups excluding carboxylic acids is 1. The fourth-order valence-corrected chi connectivity index (χ4v) is 3.17. The van der Waals surface area contributed by atoms with Crippen LogP contribution in [0.2, 0.25) is 0 Å². The number of para-hydroxylation sites is 1. The number of ether oxygens (including phenoxy) is 1. The van der Waals surface area contributed by atoms with Gasteiger partial charge in [0.2, 0.25) is 5.88 Å². The van der Waals surface area contributed by atoms with Crippen LogP contribution in [0.4, 0.5) is 4.39 Å². The summed E-state index contributed by atoms with van der Waals surface area (Å²) in [6, 6.07) is 23.4. The van der Waals surface area contributed by atoms with Gasteiger partial charge >= 0.3 is 0 Å². The highest BCUT2D eigenvalue weighted by Crippen LogP contribution is 2.23. The molecule has 0 aliphatic heterocycles. The average Bonchev–Trinajstić information content (AvgIpc) is 2.77. The normalized spacial score (nSPS) is 10.7. The minimum absolute atomic E-state index is 0.0989. The summed E-state index contributed by atoms with van der Waals surface area (Å²) in [6.07, 6.45) is 0. The fourth-order valence-electron chi connectivity index (χ4n) is 3.17. The molecule has 1 amide bonds. The summed E-state index contributed by atoms with van der Waals surface area (Å²) in [6.45, 7) is 2.48. The summed E-state index contributed by atoms with van der Waals surface area (Å²) in [5.41, 5.74) is 3.73. The van der Waals surface area contributed by atoms with Crippen LogP contribution in [0.15, 0.2) is 78.9 Å². The van der Waals surface area contributed by atoms with Gasteiger partial charge in [-0.15, -0.1) is 0 Å². The molecule has 0 spiro atoms. The predicted molar refractivity (Wildman–Crippen MR) is 115 cm³/mol. The molecular weight excluding hydrogens is 379 g/mol. The highest BCUT2D eigenvalue weighted by molar-refractivity contribution is 6.06. The Morgan fingerprint density at radius 2 is 1.73 bits per heavy atom. The Balaban J connectivity index is 1.57. The first-order valence-electron chi connectivity index (χ1n) is 9.70. The van der Waals surface area contributed by atoms with E-state index in [0.717, 1.165) is 5.56 Å². The Morgan fingerprint density at radius 3 is 2.53 bits per heavy atom. The van der Waals surface area contributed by atoms with Crippen LogP contribution in [0.1, 0.15) is 27.0 Å². The molecule has 30 heavy (non-hydrogen) atoms. The van der Waals surface area contributed by atoms with Gasteiger partial charge in [-0.25, -0.2) is 9.37 Å². The van der Waals surface area contributed by atoms with E-state index in [1.54, 1.807) is 24.3 Å². The third-order valence-electron chi connectivity index (χ3n) is 4.84. The van der Waals surface area contributed by atoms with E-state index < -0.39 is 0 Å². The Kier molecular flexibility index (Phi) is 5.70. The van der Waals surface area contributed by atoms with Crippen molar-refractivity contribution in [3.8, 4) is 5.88 Å². The zero-order chi connectivity index (χ0) is 20.9. The van der Waals surface area contributed by atoms with Gasteiger partial charge in [-0.3, -0.25) is 4.79 Å². The first kappa shape index (κ1) is 19.6. The van der Waals surface area contributed by atoms with Crippen molar-refractivity contribution in [3.63, 3.8) is 0 Å². The summed E-state index contributed by atoms with van der Waals surface area (Å²) in [5, 5.41) is 3.51. The lowest BCUT2D eigenvalue weighted by Gasteiger charge is -2.12. The van der Waals surface area contributed by atoms with Gasteiger partial charge in [0, 0.05) is 23.6 Å². The number of hydrogen-bond acceptors (Lipinski definition) is 3. The van der Waals surface area contributed by atoms with Crippen LogP contribution >= 0.6 is 0 Å². The molecule has 0 aliphatic carbocycles. The van der Waals surface area contributed by atoms with E-state index in [1.807, 2.05) is 55.5 Å². The molecule has 0 unspecified atom stereocenters. The number of benzene rings is 3. The van der Waals surface area contributed by atoms with Crippen LogP contribution in [0, 0.1) is 12.7 Å². The summed E-state index contributed by atoms with van der Waals surface area (Å²) in [4.78, 5) is 17.4. The monoisotopic (exact) mass is 400 g/mol. The van der Waals surface area contributed by atoms with E-state index >= 15 is 0 Å². The number of aromatic nitrogens is 1. The van der Waals surface area contributed by atoms with Gasteiger partial charge in [0.25, 0.3) is 5.91 Å².